The van der Waals surface area contributed by atoms with E-state index in [0.29, 0.717) is 50.8 Å². The van der Waals surface area contributed by atoms with E-state index >= 15 is 0 Å². The maximum atomic E-state index is 13.2. The number of methoxy groups -OCH3 is 2. The summed E-state index contributed by atoms with van der Waals surface area (Å²) in [5.41, 5.74) is 2.20. The summed E-state index contributed by atoms with van der Waals surface area (Å²) in [5.74, 6) is 2.18. The van der Waals surface area contributed by atoms with Gasteiger partial charge in [-0.1, -0.05) is 18.2 Å². The number of hydroxylamine groups is 3. The molecular weight excluding hydrogens is 358 g/mol. The van der Waals surface area contributed by atoms with E-state index in [-0.39, 0.29) is 10.8 Å². The SMILES string of the molecule is COc1ccc(CC[N@@+]2([O-])CCO[C@H](COc3cccc(C)c3)C2)cc1OC. The van der Waals surface area contributed by atoms with E-state index < -0.39 is 0 Å². The third-order valence-electron chi connectivity index (χ3n) is 5.07. The zero-order valence-electron chi connectivity index (χ0n) is 16.8. The molecule has 1 heterocycles. The fourth-order valence-electron chi connectivity index (χ4n) is 3.47. The second kappa shape index (κ2) is 9.28. The minimum Gasteiger partial charge on any atom is -0.633 e. The van der Waals surface area contributed by atoms with Crippen molar-refractivity contribution < 1.29 is 23.6 Å². The molecule has 0 spiro atoms. The zero-order chi connectivity index (χ0) is 20.0. The zero-order valence-corrected chi connectivity index (χ0v) is 16.8. The summed E-state index contributed by atoms with van der Waals surface area (Å²) in [4.78, 5) is 0. The summed E-state index contributed by atoms with van der Waals surface area (Å²) >= 11 is 0. The molecule has 1 aliphatic heterocycles. The van der Waals surface area contributed by atoms with Gasteiger partial charge in [0.25, 0.3) is 0 Å². The molecule has 6 heteroatoms. The van der Waals surface area contributed by atoms with Crippen LogP contribution < -0.4 is 14.2 Å². The van der Waals surface area contributed by atoms with Gasteiger partial charge in [-0.3, -0.25) is 0 Å². The van der Waals surface area contributed by atoms with Crippen LogP contribution >= 0.6 is 0 Å². The number of aryl methyl sites for hydroxylation is 1. The lowest BCUT2D eigenvalue weighted by atomic mass is 10.1. The van der Waals surface area contributed by atoms with Gasteiger partial charge < -0.3 is 28.8 Å². The third kappa shape index (κ3) is 5.38. The molecule has 1 saturated heterocycles. The highest BCUT2D eigenvalue weighted by atomic mass is 16.6. The first kappa shape index (κ1) is 20.5. The molecule has 0 bridgehead atoms. The van der Waals surface area contributed by atoms with Crippen LogP contribution in [0, 0.1) is 12.1 Å². The quantitative estimate of drug-likeness (QED) is 0.514. The number of hydrogen-bond acceptors (Lipinski definition) is 5. The standard InChI is InChI=1S/C22H29NO5/c1-17-5-4-6-19(13-17)28-16-20-15-23(24,11-12-27-20)10-9-18-7-8-21(25-2)22(14-18)26-3/h4-8,13-14,20H,9-12,15-16H2,1-3H3/t20-,23+/m0/s1. The average molecular weight is 387 g/mol. The summed E-state index contributed by atoms with van der Waals surface area (Å²) in [6.45, 7) is 4.24. The van der Waals surface area contributed by atoms with Crippen molar-refractivity contribution in [3.63, 3.8) is 0 Å². The van der Waals surface area contributed by atoms with Gasteiger partial charge in [0.15, 0.2) is 11.5 Å². The van der Waals surface area contributed by atoms with Gasteiger partial charge in [0, 0.05) is 6.42 Å². The number of hydrogen-bond donors (Lipinski definition) is 0. The molecule has 2 atom stereocenters. The Bertz CT molecular complexity index is 781. The molecule has 0 amide bonds. The Hall–Kier alpha value is -2.28. The minimum absolute atomic E-state index is 0.197. The largest absolute Gasteiger partial charge is 0.633 e. The molecule has 0 radical (unpaired) electrons. The Morgan fingerprint density at radius 2 is 1.93 bits per heavy atom. The summed E-state index contributed by atoms with van der Waals surface area (Å²) in [7, 11) is 3.23. The first-order valence-corrected chi connectivity index (χ1v) is 9.60. The normalized spacial score (nSPS) is 21.9. The molecule has 0 aliphatic carbocycles. The molecule has 0 aromatic heterocycles. The first-order chi connectivity index (χ1) is 13.5. The van der Waals surface area contributed by atoms with Crippen LogP contribution in [-0.4, -0.2) is 57.8 Å². The second-order valence-electron chi connectivity index (χ2n) is 7.25. The monoisotopic (exact) mass is 387 g/mol. The Labute approximate surface area is 166 Å². The fraction of sp³-hybridized carbons (Fsp3) is 0.455. The predicted octanol–water partition coefficient (Wildman–Crippen LogP) is 3.35. The Balaban J connectivity index is 1.55. The number of morpholine rings is 1. The van der Waals surface area contributed by atoms with Gasteiger partial charge in [0.2, 0.25) is 0 Å². The molecule has 3 rings (SSSR count). The van der Waals surface area contributed by atoms with Gasteiger partial charge >= 0.3 is 0 Å². The van der Waals surface area contributed by atoms with Crippen LogP contribution in [0.4, 0.5) is 0 Å². The molecule has 2 aromatic rings. The molecule has 0 unspecified atom stereocenters. The molecule has 1 fully saturated rings. The van der Waals surface area contributed by atoms with Gasteiger partial charge in [-0.25, -0.2) is 0 Å². The molecule has 2 aromatic carbocycles. The lowest BCUT2D eigenvalue weighted by molar-refractivity contribution is -0.892. The minimum atomic E-state index is -0.268. The van der Waals surface area contributed by atoms with Crippen LogP contribution in [0.5, 0.6) is 17.2 Å². The molecule has 6 nitrogen and oxygen atoms in total. The van der Waals surface area contributed by atoms with Crippen LogP contribution in [0.2, 0.25) is 0 Å². The van der Waals surface area contributed by atoms with Crippen molar-refractivity contribution >= 4 is 0 Å². The van der Waals surface area contributed by atoms with E-state index in [4.69, 9.17) is 18.9 Å². The van der Waals surface area contributed by atoms with Crippen molar-refractivity contribution in [3.8, 4) is 17.2 Å². The highest BCUT2D eigenvalue weighted by molar-refractivity contribution is 5.42. The van der Waals surface area contributed by atoms with Crippen molar-refractivity contribution in [2.24, 2.45) is 0 Å². The lowest BCUT2D eigenvalue weighted by Gasteiger charge is -2.47. The van der Waals surface area contributed by atoms with Crippen molar-refractivity contribution in [1.29, 1.82) is 0 Å². The van der Waals surface area contributed by atoms with Gasteiger partial charge in [-0.2, -0.15) is 0 Å². The van der Waals surface area contributed by atoms with Crippen molar-refractivity contribution in [1.82, 2.24) is 0 Å². The molecule has 0 N–H and O–H groups in total. The van der Waals surface area contributed by atoms with Gasteiger partial charge in [-0.05, 0) is 42.3 Å². The Morgan fingerprint density at radius 3 is 2.68 bits per heavy atom. The molecule has 152 valence electrons. The summed E-state index contributed by atoms with van der Waals surface area (Å²) in [5, 5.41) is 13.2. The number of benzene rings is 2. The van der Waals surface area contributed by atoms with E-state index in [1.165, 1.54) is 0 Å². The molecule has 28 heavy (non-hydrogen) atoms. The van der Waals surface area contributed by atoms with Crippen LogP contribution in [0.15, 0.2) is 42.5 Å². The summed E-state index contributed by atoms with van der Waals surface area (Å²) in [6.07, 6.45) is 0.479. The van der Waals surface area contributed by atoms with Gasteiger partial charge in [-0.15, -0.1) is 0 Å². The lowest BCUT2D eigenvalue weighted by Crippen LogP contribution is -2.56. The first-order valence-electron chi connectivity index (χ1n) is 9.60. The third-order valence-corrected chi connectivity index (χ3v) is 5.07. The van der Waals surface area contributed by atoms with Gasteiger partial charge in [0.05, 0.1) is 27.4 Å². The second-order valence-corrected chi connectivity index (χ2v) is 7.25. The molecule has 1 aliphatic rings. The molecular formula is C22H29NO5. The van der Waals surface area contributed by atoms with E-state index in [9.17, 15) is 5.21 Å². The maximum absolute atomic E-state index is 13.2. The van der Waals surface area contributed by atoms with Crippen molar-refractivity contribution in [3.05, 3.63) is 58.8 Å². The molecule has 0 saturated carbocycles. The van der Waals surface area contributed by atoms with Crippen LogP contribution in [0.25, 0.3) is 0 Å². The van der Waals surface area contributed by atoms with Crippen LogP contribution in [0.1, 0.15) is 11.1 Å². The smallest absolute Gasteiger partial charge is 0.160 e. The fourth-order valence-corrected chi connectivity index (χ4v) is 3.47. The summed E-state index contributed by atoms with van der Waals surface area (Å²) in [6, 6.07) is 13.7. The maximum Gasteiger partial charge on any atom is 0.160 e. The number of quaternary nitrogens is 1. The van der Waals surface area contributed by atoms with Crippen molar-refractivity contribution in [2.75, 3.05) is 47.1 Å². The van der Waals surface area contributed by atoms with Crippen molar-refractivity contribution in [2.45, 2.75) is 19.4 Å². The topological polar surface area (TPSA) is 60.0 Å². The van der Waals surface area contributed by atoms with E-state index in [2.05, 4.69) is 0 Å². The van der Waals surface area contributed by atoms with E-state index in [1.54, 1.807) is 14.2 Å². The van der Waals surface area contributed by atoms with E-state index in [1.807, 2.05) is 49.4 Å². The Kier molecular flexibility index (Phi) is 6.78. The number of rotatable bonds is 8. The number of nitrogens with zero attached hydrogens (tertiary/aromatic N) is 1. The summed E-state index contributed by atoms with van der Waals surface area (Å²) < 4.78 is 22.0. The Morgan fingerprint density at radius 1 is 1.11 bits per heavy atom. The average Bonchev–Trinajstić information content (AvgIpc) is 2.71. The predicted molar refractivity (Wildman–Crippen MR) is 108 cm³/mol. The highest BCUT2D eigenvalue weighted by Crippen LogP contribution is 2.28. The number of ether oxygens (including phenoxy) is 4. The van der Waals surface area contributed by atoms with Crippen LogP contribution in [-0.2, 0) is 11.2 Å². The van der Waals surface area contributed by atoms with Crippen LogP contribution in [0.3, 0.4) is 0 Å². The highest BCUT2D eigenvalue weighted by Gasteiger charge is 2.29. The van der Waals surface area contributed by atoms with Gasteiger partial charge in [0.1, 0.15) is 31.5 Å². The van der Waals surface area contributed by atoms with E-state index in [0.717, 1.165) is 16.9 Å².